The molecule has 1 aliphatic rings. The average molecular weight is 239 g/mol. The van der Waals surface area contributed by atoms with E-state index in [9.17, 15) is 13.5 Å². The lowest BCUT2D eigenvalue weighted by molar-refractivity contribution is 0.0314. The molecular weight excluding hydrogens is 222 g/mol. The highest BCUT2D eigenvalue weighted by atomic mass is 32.2. The number of ether oxygens (including phenoxy) is 2. The van der Waals surface area contributed by atoms with Crippen molar-refractivity contribution < 1.29 is 23.0 Å². The number of hydrogen-bond donors (Lipinski definition) is 2. The molecule has 0 aromatic heterocycles. The summed E-state index contributed by atoms with van der Waals surface area (Å²) in [4.78, 5) is 0. The lowest BCUT2D eigenvalue weighted by Crippen LogP contribution is -2.44. The van der Waals surface area contributed by atoms with Gasteiger partial charge >= 0.3 is 0 Å². The van der Waals surface area contributed by atoms with E-state index in [4.69, 9.17) is 4.74 Å². The van der Waals surface area contributed by atoms with Crippen LogP contribution in [0.1, 0.15) is 6.42 Å². The Balaban J connectivity index is 2.35. The van der Waals surface area contributed by atoms with Crippen LogP contribution in [-0.4, -0.2) is 58.4 Å². The molecule has 1 fully saturated rings. The fraction of sp³-hybridized carbons (Fsp3) is 1.00. The number of hydrogen-bond acceptors (Lipinski definition) is 5. The normalized spacial score (nSPS) is 27.1. The van der Waals surface area contributed by atoms with E-state index in [2.05, 4.69) is 9.46 Å². The summed E-state index contributed by atoms with van der Waals surface area (Å²) in [7, 11) is -1.92. The molecule has 1 rings (SSSR count). The predicted octanol–water partition coefficient (Wildman–Crippen LogP) is -1.30. The minimum Gasteiger partial charge on any atom is -0.386 e. The summed E-state index contributed by atoms with van der Waals surface area (Å²) in [6.07, 6.45) is 0.458. The SMILES string of the molecule is COCCS(=O)(=O)NCC1(O)CCOC1. The zero-order valence-electron chi connectivity index (χ0n) is 8.73. The summed E-state index contributed by atoms with van der Waals surface area (Å²) in [5.74, 6) is -0.0968. The fourth-order valence-electron chi connectivity index (χ4n) is 1.25. The summed E-state index contributed by atoms with van der Waals surface area (Å²) in [6, 6.07) is 0. The first-order valence-electron chi connectivity index (χ1n) is 4.74. The van der Waals surface area contributed by atoms with Gasteiger partial charge in [-0.1, -0.05) is 0 Å². The molecule has 0 radical (unpaired) electrons. The minimum absolute atomic E-state index is 0.000945. The van der Waals surface area contributed by atoms with Gasteiger partial charge in [-0.05, 0) is 0 Å². The predicted molar refractivity (Wildman–Crippen MR) is 54.1 cm³/mol. The van der Waals surface area contributed by atoms with E-state index in [1.54, 1.807) is 0 Å². The van der Waals surface area contributed by atoms with Crippen molar-refractivity contribution in [1.82, 2.24) is 4.72 Å². The van der Waals surface area contributed by atoms with Crippen molar-refractivity contribution in [3.05, 3.63) is 0 Å². The Morgan fingerprint density at radius 1 is 1.60 bits per heavy atom. The van der Waals surface area contributed by atoms with E-state index in [0.29, 0.717) is 13.0 Å². The van der Waals surface area contributed by atoms with Gasteiger partial charge in [0.05, 0.1) is 19.0 Å². The third-order valence-electron chi connectivity index (χ3n) is 2.26. The highest BCUT2D eigenvalue weighted by Gasteiger charge is 2.33. The van der Waals surface area contributed by atoms with E-state index >= 15 is 0 Å². The van der Waals surface area contributed by atoms with Gasteiger partial charge in [0.1, 0.15) is 5.60 Å². The quantitative estimate of drug-likeness (QED) is 0.602. The minimum atomic E-state index is -3.36. The van der Waals surface area contributed by atoms with E-state index in [1.165, 1.54) is 7.11 Å². The molecule has 0 amide bonds. The summed E-state index contributed by atoms with van der Waals surface area (Å²) in [6.45, 7) is 0.791. The Morgan fingerprint density at radius 2 is 2.33 bits per heavy atom. The fourth-order valence-corrected chi connectivity index (χ4v) is 2.26. The van der Waals surface area contributed by atoms with Gasteiger partial charge in [0.15, 0.2) is 0 Å². The average Bonchev–Trinajstić information content (AvgIpc) is 2.61. The summed E-state index contributed by atoms with van der Waals surface area (Å²) >= 11 is 0. The lowest BCUT2D eigenvalue weighted by atomic mass is 10.1. The second-order valence-corrected chi connectivity index (χ2v) is 5.59. The maximum atomic E-state index is 11.3. The molecule has 15 heavy (non-hydrogen) atoms. The van der Waals surface area contributed by atoms with Crippen molar-refractivity contribution in [2.75, 3.05) is 39.2 Å². The van der Waals surface area contributed by atoms with Gasteiger partial charge in [0.2, 0.25) is 10.0 Å². The van der Waals surface area contributed by atoms with Gasteiger partial charge in [-0.2, -0.15) is 0 Å². The molecule has 0 aromatic carbocycles. The zero-order chi connectivity index (χ0) is 11.4. The van der Waals surface area contributed by atoms with Gasteiger partial charge in [-0.15, -0.1) is 0 Å². The van der Waals surface area contributed by atoms with Crippen LogP contribution < -0.4 is 4.72 Å². The summed E-state index contributed by atoms with van der Waals surface area (Å²) in [5.41, 5.74) is -1.06. The van der Waals surface area contributed by atoms with E-state index < -0.39 is 15.6 Å². The van der Waals surface area contributed by atoms with Crippen molar-refractivity contribution in [3.63, 3.8) is 0 Å². The van der Waals surface area contributed by atoms with Crippen molar-refractivity contribution in [1.29, 1.82) is 0 Å². The van der Waals surface area contributed by atoms with E-state index in [0.717, 1.165) is 0 Å². The van der Waals surface area contributed by atoms with Gasteiger partial charge in [-0.25, -0.2) is 13.1 Å². The molecule has 7 heteroatoms. The Hall–Kier alpha value is -0.210. The Morgan fingerprint density at radius 3 is 2.87 bits per heavy atom. The monoisotopic (exact) mass is 239 g/mol. The van der Waals surface area contributed by atoms with Crippen LogP contribution >= 0.6 is 0 Å². The molecule has 6 nitrogen and oxygen atoms in total. The van der Waals surface area contributed by atoms with Crippen LogP contribution in [0.25, 0.3) is 0 Å². The first-order chi connectivity index (χ1) is 6.97. The first kappa shape index (κ1) is 12.9. The van der Waals surface area contributed by atoms with Gasteiger partial charge in [0, 0.05) is 26.7 Å². The maximum Gasteiger partial charge on any atom is 0.213 e. The number of rotatable bonds is 6. The molecule has 0 aromatic rings. The zero-order valence-corrected chi connectivity index (χ0v) is 9.55. The Kier molecular flexibility index (Phi) is 4.47. The van der Waals surface area contributed by atoms with Crippen LogP contribution in [0, 0.1) is 0 Å². The molecule has 1 aliphatic heterocycles. The van der Waals surface area contributed by atoms with Gasteiger partial charge < -0.3 is 14.6 Å². The number of methoxy groups -OCH3 is 1. The Bertz CT molecular complexity index is 283. The number of nitrogens with one attached hydrogen (secondary N) is 1. The topological polar surface area (TPSA) is 84.9 Å². The van der Waals surface area contributed by atoms with E-state index in [1.807, 2.05) is 0 Å². The maximum absolute atomic E-state index is 11.3. The van der Waals surface area contributed by atoms with Gasteiger partial charge in [0.25, 0.3) is 0 Å². The molecule has 90 valence electrons. The lowest BCUT2D eigenvalue weighted by Gasteiger charge is -2.20. The van der Waals surface area contributed by atoms with Crippen LogP contribution in [0.3, 0.4) is 0 Å². The smallest absolute Gasteiger partial charge is 0.213 e. The molecule has 0 aliphatic carbocycles. The summed E-state index contributed by atoms with van der Waals surface area (Å²) < 4.78 is 34.7. The summed E-state index contributed by atoms with van der Waals surface area (Å²) in [5, 5.41) is 9.80. The van der Waals surface area contributed by atoms with Crippen molar-refractivity contribution >= 4 is 10.0 Å². The van der Waals surface area contributed by atoms with E-state index in [-0.39, 0.29) is 25.5 Å². The van der Waals surface area contributed by atoms with Crippen molar-refractivity contribution in [2.45, 2.75) is 12.0 Å². The number of sulfonamides is 1. The highest BCUT2D eigenvalue weighted by Crippen LogP contribution is 2.17. The molecule has 1 heterocycles. The molecule has 1 atom stereocenters. The second kappa shape index (κ2) is 5.22. The standard InChI is InChI=1S/C8H17NO5S/c1-13-4-5-15(11,12)9-6-8(10)2-3-14-7-8/h9-10H,2-7H2,1H3. The van der Waals surface area contributed by atoms with Crippen LogP contribution in [0.15, 0.2) is 0 Å². The molecule has 2 N–H and O–H groups in total. The van der Waals surface area contributed by atoms with Crippen molar-refractivity contribution in [2.24, 2.45) is 0 Å². The molecule has 1 unspecified atom stereocenters. The molecule has 0 bridgehead atoms. The van der Waals surface area contributed by atoms with Gasteiger partial charge in [-0.3, -0.25) is 0 Å². The largest absolute Gasteiger partial charge is 0.386 e. The van der Waals surface area contributed by atoms with Crippen molar-refractivity contribution in [3.8, 4) is 0 Å². The second-order valence-electron chi connectivity index (χ2n) is 3.66. The number of aliphatic hydroxyl groups is 1. The molecule has 0 saturated carbocycles. The van der Waals surface area contributed by atoms with Crippen LogP contribution in [-0.2, 0) is 19.5 Å². The molecule has 0 spiro atoms. The van der Waals surface area contributed by atoms with Crippen LogP contribution in [0.2, 0.25) is 0 Å². The molecule has 1 saturated heterocycles. The highest BCUT2D eigenvalue weighted by molar-refractivity contribution is 7.89. The molecular formula is C8H17NO5S. The van der Waals surface area contributed by atoms with Crippen LogP contribution in [0.5, 0.6) is 0 Å². The van der Waals surface area contributed by atoms with Crippen LogP contribution in [0.4, 0.5) is 0 Å². The Labute approximate surface area is 89.6 Å². The third kappa shape index (κ3) is 4.43. The first-order valence-corrected chi connectivity index (χ1v) is 6.39. The third-order valence-corrected chi connectivity index (χ3v) is 3.55.